The van der Waals surface area contributed by atoms with Gasteiger partial charge in [-0.2, -0.15) is 5.10 Å². The number of carbonyl (C=O) groups is 2. The molecule has 0 aliphatic carbocycles. The Balaban J connectivity index is 1.38. The van der Waals surface area contributed by atoms with Crippen LogP contribution in [0.4, 0.5) is 17.1 Å². The molecule has 2 amide bonds. The fourth-order valence-electron chi connectivity index (χ4n) is 3.70. The number of benzene rings is 3. The number of non-ortho nitro benzene ring substituents is 1. The minimum Gasteiger partial charge on any atom is -0.450 e. The summed E-state index contributed by atoms with van der Waals surface area (Å²) in [6, 6.07) is 17.7. The monoisotopic (exact) mass is 559 g/mol. The number of aromatic nitrogens is 2. The van der Waals surface area contributed by atoms with Crippen molar-refractivity contribution in [1.29, 1.82) is 0 Å². The number of carbonyl (C=O) groups excluding carboxylic acids is 2. The van der Waals surface area contributed by atoms with Crippen molar-refractivity contribution in [2.24, 2.45) is 12.1 Å². The number of amides is 2. The molecule has 0 unspecified atom stereocenters. The van der Waals surface area contributed by atoms with E-state index in [-0.39, 0.29) is 17.2 Å². The summed E-state index contributed by atoms with van der Waals surface area (Å²) < 4.78 is 8.40. The molecule has 0 saturated carbocycles. The molecule has 4 aromatic rings. The number of nitrogens with zero attached hydrogens (tertiary/aromatic N) is 5. The molecule has 0 fully saturated rings. The average molecular weight is 559 g/mol. The van der Waals surface area contributed by atoms with Crippen LogP contribution in [0.15, 0.2) is 82.7 Å². The first-order valence-electron chi connectivity index (χ1n) is 11.8. The molecule has 0 spiro atoms. The number of rotatable bonds is 8. The van der Waals surface area contributed by atoms with E-state index in [0.29, 0.717) is 16.9 Å². The number of hydrazone groups is 1. The van der Waals surface area contributed by atoms with E-state index >= 15 is 0 Å². The molecule has 0 saturated heterocycles. The quantitative estimate of drug-likeness (QED) is 0.142. The second kappa shape index (κ2) is 11.7. The Labute approximate surface area is 230 Å². The maximum absolute atomic E-state index is 12.9. The second-order valence-electron chi connectivity index (χ2n) is 8.43. The fourth-order valence-corrected chi connectivity index (χ4v) is 3.70. The summed E-state index contributed by atoms with van der Waals surface area (Å²) in [7, 11) is 1.65. The van der Waals surface area contributed by atoms with Crippen molar-refractivity contribution in [2.75, 3.05) is 5.32 Å². The molecule has 1 aromatic heterocycles. The van der Waals surface area contributed by atoms with E-state index in [1.54, 1.807) is 49.0 Å². The van der Waals surface area contributed by atoms with Crippen molar-refractivity contribution in [1.82, 2.24) is 14.8 Å². The van der Waals surface area contributed by atoms with Crippen molar-refractivity contribution >= 4 is 35.1 Å². The van der Waals surface area contributed by atoms with Crippen LogP contribution in [-0.2, 0) is 16.6 Å². The summed E-state index contributed by atoms with van der Waals surface area (Å²) in [6.07, 6.45) is 1.24. The summed E-state index contributed by atoms with van der Waals surface area (Å²) >= 11 is 0. The van der Waals surface area contributed by atoms with Crippen molar-refractivity contribution in [3.05, 3.63) is 115 Å². The van der Waals surface area contributed by atoms with Crippen LogP contribution in [0.3, 0.4) is 0 Å². The molecule has 0 radical (unpaired) electrons. The summed E-state index contributed by atoms with van der Waals surface area (Å²) in [4.78, 5) is 58.2. The van der Waals surface area contributed by atoms with Crippen LogP contribution in [0.2, 0.25) is 0 Å². The molecule has 208 valence electrons. The maximum Gasteiger partial charge on any atom is 0.329 e. The van der Waals surface area contributed by atoms with Gasteiger partial charge < -0.3 is 10.1 Å². The third-order valence-corrected chi connectivity index (χ3v) is 5.84. The number of para-hydroxylation sites is 1. The first-order chi connectivity index (χ1) is 19.6. The van der Waals surface area contributed by atoms with Gasteiger partial charge in [0.1, 0.15) is 11.4 Å². The van der Waals surface area contributed by atoms with Crippen LogP contribution >= 0.6 is 0 Å². The zero-order valence-electron chi connectivity index (χ0n) is 21.5. The summed E-state index contributed by atoms with van der Waals surface area (Å²) in [5.41, 5.74) is 1.98. The van der Waals surface area contributed by atoms with Gasteiger partial charge in [-0.15, -0.1) is 0 Å². The minimum absolute atomic E-state index is 0.0515. The Hall–Kier alpha value is -6.12. The van der Waals surface area contributed by atoms with Gasteiger partial charge in [0, 0.05) is 13.1 Å². The van der Waals surface area contributed by atoms with Gasteiger partial charge in [-0.25, -0.2) is 10.1 Å². The van der Waals surface area contributed by atoms with Crippen LogP contribution in [-0.4, -0.2) is 37.2 Å². The zero-order chi connectivity index (χ0) is 29.7. The molecule has 0 aliphatic rings. The smallest absolute Gasteiger partial charge is 0.329 e. The van der Waals surface area contributed by atoms with Crippen molar-refractivity contribution in [3.63, 3.8) is 0 Å². The molecular weight excluding hydrogens is 538 g/mol. The fraction of sp³-hybridized carbons (Fsp3) is 0.0769. The van der Waals surface area contributed by atoms with Crippen LogP contribution < -0.4 is 21.0 Å². The van der Waals surface area contributed by atoms with Gasteiger partial charge >= 0.3 is 17.5 Å². The molecule has 15 heteroatoms. The molecule has 4 rings (SSSR count). The van der Waals surface area contributed by atoms with Crippen LogP contribution in [0.5, 0.6) is 11.5 Å². The first-order valence-corrected chi connectivity index (χ1v) is 11.8. The number of ether oxygens (including phenoxy) is 1. The predicted octanol–water partition coefficient (Wildman–Crippen LogP) is 3.18. The third kappa shape index (κ3) is 6.14. The van der Waals surface area contributed by atoms with Crippen molar-refractivity contribution < 1.29 is 24.2 Å². The largest absolute Gasteiger partial charge is 0.450 e. The highest BCUT2D eigenvalue weighted by atomic mass is 16.6. The summed E-state index contributed by atoms with van der Waals surface area (Å²) in [6.45, 7) is 1.62. The molecule has 0 aliphatic heterocycles. The lowest BCUT2D eigenvalue weighted by molar-refractivity contribution is -0.394. The van der Waals surface area contributed by atoms with Gasteiger partial charge in [-0.1, -0.05) is 18.2 Å². The zero-order valence-corrected chi connectivity index (χ0v) is 21.5. The number of nitrogens with one attached hydrogen (secondary N) is 2. The topological polar surface area (TPSA) is 193 Å². The highest BCUT2D eigenvalue weighted by Crippen LogP contribution is 2.34. The molecule has 41 heavy (non-hydrogen) atoms. The minimum atomic E-state index is -1.11. The van der Waals surface area contributed by atoms with Crippen molar-refractivity contribution in [2.45, 2.75) is 6.92 Å². The molecule has 1 heterocycles. The molecular formula is C26H21N7O8. The Morgan fingerprint density at radius 1 is 0.951 bits per heavy atom. The lowest BCUT2D eigenvalue weighted by Gasteiger charge is -2.07. The highest BCUT2D eigenvalue weighted by molar-refractivity contribution is 6.39. The number of hydrogen-bond acceptors (Lipinski definition) is 9. The Kier molecular flexibility index (Phi) is 7.98. The van der Waals surface area contributed by atoms with Gasteiger partial charge in [0.25, 0.3) is 11.2 Å². The van der Waals surface area contributed by atoms with E-state index in [2.05, 4.69) is 15.8 Å². The van der Waals surface area contributed by atoms with Gasteiger partial charge in [-0.05, 0) is 55.0 Å². The highest BCUT2D eigenvalue weighted by Gasteiger charge is 2.22. The van der Waals surface area contributed by atoms with Gasteiger partial charge in [0.2, 0.25) is 5.75 Å². The summed E-state index contributed by atoms with van der Waals surface area (Å²) in [5.74, 6) is -2.20. The van der Waals surface area contributed by atoms with E-state index in [1.807, 2.05) is 0 Å². The van der Waals surface area contributed by atoms with Crippen LogP contribution in [0, 0.1) is 27.2 Å². The van der Waals surface area contributed by atoms with Crippen LogP contribution in [0.1, 0.15) is 11.3 Å². The van der Waals surface area contributed by atoms with Gasteiger partial charge in [0.15, 0.2) is 0 Å². The molecule has 0 bridgehead atoms. The first kappa shape index (κ1) is 27.9. The maximum atomic E-state index is 12.9. The van der Waals surface area contributed by atoms with E-state index in [1.165, 1.54) is 35.2 Å². The van der Waals surface area contributed by atoms with Crippen LogP contribution in [0.25, 0.3) is 5.69 Å². The van der Waals surface area contributed by atoms with E-state index in [9.17, 15) is 34.6 Å². The lowest BCUT2D eigenvalue weighted by Crippen LogP contribution is -2.34. The van der Waals surface area contributed by atoms with E-state index < -0.39 is 38.6 Å². The molecule has 0 atom stereocenters. The number of nitro groups is 2. The summed E-state index contributed by atoms with van der Waals surface area (Å²) in [5, 5.41) is 28.2. The average Bonchev–Trinajstić information content (AvgIpc) is 3.17. The molecule has 3 aromatic carbocycles. The second-order valence-corrected chi connectivity index (χ2v) is 8.43. The number of nitro benzene ring substituents is 2. The Morgan fingerprint density at radius 2 is 1.63 bits per heavy atom. The van der Waals surface area contributed by atoms with Gasteiger partial charge in [0.05, 0.1) is 33.5 Å². The van der Waals surface area contributed by atoms with E-state index in [4.69, 9.17) is 4.74 Å². The van der Waals surface area contributed by atoms with E-state index in [0.717, 1.165) is 18.2 Å². The molecule has 15 nitrogen and oxygen atoms in total. The predicted molar refractivity (Wildman–Crippen MR) is 146 cm³/mol. The Bertz CT molecular complexity index is 1740. The molecule has 2 N–H and O–H groups in total. The normalized spacial score (nSPS) is 10.8. The lowest BCUT2D eigenvalue weighted by atomic mass is 10.2. The number of hydrogen-bond donors (Lipinski definition) is 2. The van der Waals surface area contributed by atoms with Crippen molar-refractivity contribution in [3.8, 4) is 17.2 Å². The Morgan fingerprint density at radius 3 is 2.27 bits per heavy atom. The SMILES string of the molecule is Cc1c(NC(=O)C(=O)N/N=C/c2ccc(Oc3ccc([N+](=O)[O-])cc3[N+](=O)[O-])cc2)c(=O)n(-c2ccccc2)n1C. The number of anilines is 1. The van der Waals surface area contributed by atoms with Gasteiger partial charge in [-0.3, -0.25) is 39.3 Å². The third-order valence-electron chi connectivity index (χ3n) is 5.84. The standard InChI is InChI=1S/C26H21N7O8/c1-16-23(26(36)31(30(16)2)18-6-4-3-5-7-18)28-24(34)25(35)29-27-15-17-8-11-20(12-9-17)41-22-13-10-19(32(37)38)14-21(22)33(39)40/h3-15H,1-2H3,(H,28,34)(H,29,35)/b27-15+.